The van der Waals surface area contributed by atoms with E-state index in [0.29, 0.717) is 30.2 Å². The van der Waals surface area contributed by atoms with Crippen LogP contribution in [0.25, 0.3) is 0 Å². The number of nitrogens with zero attached hydrogens (tertiary/aromatic N) is 2. The average molecular weight is 323 g/mol. The van der Waals surface area contributed by atoms with Gasteiger partial charge in [-0.2, -0.15) is 0 Å². The Morgan fingerprint density at radius 1 is 1.27 bits per heavy atom. The minimum absolute atomic E-state index is 0.00753. The maximum atomic E-state index is 12.9. The van der Waals surface area contributed by atoms with Gasteiger partial charge in [0.05, 0.1) is 38.3 Å². The fourth-order valence-corrected chi connectivity index (χ4v) is 4.59. The molecule has 0 bridgehead atoms. The quantitative estimate of drug-likeness (QED) is 0.795. The molecule has 7 heteroatoms. The van der Waals surface area contributed by atoms with Crippen LogP contribution in [0.1, 0.15) is 13.8 Å². The van der Waals surface area contributed by atoms with Crippen molar-refractivity contribution in [3.05, 3.63) is 24.3 Å². The summed E-state index contributed by atoms with van der Waals surface area (Å²) in [4.78, 5) is 16.8. The van der Waals surface area contributed by atoms with Gasteiger partial charge in [0, 0.05) is 19.6 Å². The Morgan fingerprint density at radius 2 is 1.91 bits per heavy atom. The molecule has 22 heavy (non-hydrogen) atoms. The molecule has 2 heterocycles. The van der Waals surface area contributed by atoms with Crippen LogP contribution in [0.5, 0.6) is 0 Å². The Balaban J connectivity index is 1.91. The number of urea groups is 1. The van der Waals surface area contributed by atoms with Crippen molar-refractivity contribution < 1.29 is 13.7 Å². The number of anilines is 1. The molecule has 0 aromatic heterocycles. The molecule has 3 rings (SSSR count). The third-order valence-electron chi connectivity index (χ3n) is 4.03. The monoisotopic (exact) mass is 323 g/mol. The van der Waals surface area contributed by atoms with Crippen molar-refractivity contribution in [2.75, 3.05) is 30.3 Å². The Labute approximate surface area is 131 Å². The zero-order valence-electron chi connectivity index (χ0n) is 12.8. The first-order valence-corrected chi connectivity index (χ1v) is 9.18. The van der Waals surface area contributed by atoms with Crippen molar-refractivity contribution in [2.24, 2.45) is 0 Å². The van der Waals surface area contributed by atoms with Gasteiger partial charge in [0.25, 0.3) is 0 Å². The third-order valence-corrected chi connectivity index (χ3v) is 5.85. The van der Waals surface area contributed by atoms with Crippen molar-refractivity contribution in [1.29, 1.82) is 4.78 Å². The number of carbonyl (C=O) groups is 1. The van der Waals surface area contributed by atoms with Crippen molar-refractivity contribution >= 4 is 21.4 Å². The van der Waals surface area contributed by atoms with E-state index in [2.05, 4.69) is 0 Å². The van der Waals surface area contributed by atoms with Crippen molar-refractivity contribution in [3.63, 3.8) is 0 Å². The third kappa shape index (κ3) is 2.70. The Hall–Kier alpha value is -1.60. The first-order valence-electron chi connectivity index (χ1n) is 7.46. The topological polar surface area (TPSA) is 73.7 Å². The molecule has 0 aliphatic carbocycles. The lowest BCUT2D eigenvalue weighted by molar-refractivity contribution is -0.0537. The minimum Gasteiger partial charge on any atom is -0.372 e. The fourth-order valence-electron chi connectivity index (χ4n) is 3.11. The molecule has 6 nitrogen and oxygen atoms in total. The molecule has 2 amide bonds. The molecule has 1 N–H and O–H groups in total. The molecule has 0 radical (unpaired) electrons. The Kier molecular flexibility index (Phi) is 3.86. The molecular formula is C15H21N3O3S. The molecular weight excluding hydrogens is 302 g/mol. The second-order valence-electron chi connectivity index (χ2n) is 5.94. The maximum Gasteiger partial charge on any atom is 0.324 e. The van der Waals surface area contributed by atoms with E-state index >= 15 is 0 Å². The molecule has 1 unspecified atom stereocenters. The number of hydrogen-bond donors (Lipinski definition) is 1. The van der Waals surface area contributed by atoms with E-state index in [0.717, 1.165) is 0 Å². The molecule has 2 aliphatic heterocycles. The van der Waals surface area contributed by atoms with Crippen LogP contribution in [0.4, 0.5) is 10.5 Å². The number of morpholine rings is 1. The number of para-hydroxylation sites is 1. The lowest BCUT2D eigenvalue weighted by atomic mass is 10.2. The number of fused-ring (bicyclic) bond motifs is 1. The lowest BCUT2D eigenvalue weighted by Gasteiger charge is -2.39. The van der Waals surface area contributed by atoms with Gasteiger partial charge in [-0.3, -0.25) is 4.90 Å². The summed E-state index contributed by atoms with van der Waals surface area (Å²) in [7, 11) is -2.80. The molecule has 0 spiro atoms. The van der Waals surface area contributed by atoms with Crippen LogP contribution in [-0.4, -0.2) is 52.7 Å². The summed E-state index contributed by atoms with van der Waals surface area (Å²) in [6.07, 6.45) is 0.0151. The number of benzene rings is 1. The van der Waals surface area contributed by atoms with Gasteiger partial charge < -0.3 is 9.64 Å². The van der Waals surface area contributed by atoms with E-state index in [-0.39, 0.29) is 24.0 Å². The number of rotatable bonds is 0. The van der Waals surface area contributed by atoms with E-state index in [1.807, 2.05) is 19.9 Å². The van der Waals surface area contributed by atoms with Crippen molar-refractivity contribution in [2.45, 2.75) is 31.0 Å². The zero-order chi connectivity index (χ0) is 15.9. The smallest absolute Gasteiger partial charge is 0.324 e. The molecule has 1 aromatic carbocycles. The summed E-state index contributed by atoms with van der Waals surface area (Å²) in [6, 6.07) is 6.94. The highest BCUT2D eigenvalue weighted by molar-refractivity contribution is 7.92. The predicted molar refractivity (Wildman–Crippen MR) is 84.8 cm³/mol. The van der Waals surface area contributed by atoms with E-state index in [1.165, 1.54) is 0 Å². The zero-order valence-corrected chi connectivity index (χ0v) is 13.6. The van der Waals surface area contributed by atoms with Crippen LogP contribution in [0.15, 0.2) is 29.2 Å². The standard InChI is InChI=1S/C15H21N3O3S/c1-11-9-17(10-12(2)21-11)15(19)18-7-8-22(16,20)14-6-4-3-5-13(14)18/h3-6,11-12,16H,7-10H2,1-2H3/t11-,12+,22?. The maximum absolute atomic E-state index is 12.9. The van der Waals surface area contributed by atoms with Gasteiger partial charge >= 0.3 is 6.03 Å². The Morgan fingerprint density at radius 3 is 2.59 bits per heavy atom. The number of ether oxygens (including phenoxy) is 1. The van der Waals surface area contributed by atoms with Crippen LogP contribution in [0.3, 0.4) is 0 Å². The van der Waals surface area contributed by atoms with E-state index < -0.39 is 9.73 Å². The van der Waals surface area contributed by atoms with Gasteiger partial charge in [0.2, 0.25) is 0 Å². The minimum atomic E-state index is -2.80. The normalized spacial score (nSPS) is 31.7. The molecule has 120 valence electrons. The van der Waals surface area contributed by atoms with Crippen molar-refractivity contribution in [1.82, 2.24) is 4.90 Å². The van der Waals surface area contributed by atoms with E-state index in [4.69, 9.17) is 9.52 Å². The van der Waals surface area contributed by atoms with E-state index in [1.54, 1.807) is 28.0 Å². The van der Waals surface area contributed by atoms with Crippen LogP contribution in [0, 0.1) is 4.78 Å². The van der Waals surface area contributed by atoms with Crippen LogP contribution < -0.4 is 4.90 Å². The number of nitrogens with one attached hydrogen (secondary N) is 1. The first kappa shape index (κ1) is 15.3. The van der Waals surface area contributed by atoms with Crippen LogP contribution >= 0.6 is 0 Å². The van der Waals surface area contributed by atoms with Gasteiger partial charge in [0.15, 0.2) is 0 Å². The second-order valence-corrected chi connectivity index (χ2v) is 8.14. The molecule has 1 aromatic rings. The summed E-state index contributed by atoms with van der Waals surface area (Å²) in [5, 5.41) is 0. The largest absolute Gasteiger partial charge is 0.372 e. The number of hydrogen-bond acceptors (Lipinski definition) is 4. The highest BCUT2D eigenvalue weighted by Gasteiger charge is 2.34. The summed E-state index contributed by atoms with van der Waals surface area (Å²) in [5.41, 5.74) is 0.602. The average Bonchev–Trinajstić information content (AvgIpc) is 2.46. The predicted octanol–water partition coefficient (Wildman–Crippen LogP) is 2.14. The van der Waals surface area contributed by atoms with Crippen LogP contribution in [0.2, 0.25) is 0 Å². The molecule has 1 saturated heterocycles. The van der Waals surface area contributed by atoms with Gasteiger partial charge in [0.1, 0.15) is 0 Å². The molecule has 3 atom stereocenters. The highest BCUT2D eigenvalue weighted by Crippen LogP contribution is 2.31. The van der Waals surface area contributed by atoms with Gasteiger partial charge in [-0.05, 0) is 26.0 Å². The van der Waals surface area contributed by atoms with Gasteiger partial charge in [-0.25, -0.2) is 13.8 Å². The van der Waals surface area contributed by atoms with E-state index in [9.17, 15) is 9.00 Å². The van der Waals surface area contributed by atoms with Gasteiger partial charge in [-0.1, -0.05) is 12.1 Å². The number of amides is 2. The summed E-state index contributed by atoms with van der Waals surface area (Å²) >= 11 is 0. The SMILES string of the molecule is C[C@@H]1CN(C(=O)N2CCS(=N)(=O)c3ccccc32)C[C@H](C)O1. The summed E-state index contributed by atoms with van der Waals surface area (Å²) in [6.45, 7) is 5.34. The Bertz CT molecular complexity index is 679. The number of carbonyl (C=O) groups excluding carboxylic acids is 1. The lowest BCUT2D eigenvalue weighted by Crippen LogP contribution is -2.54. The highest BCUT2D eigenvalue weighted by atomic mass is 32.2. The molecule has 0 saturated carbocycles. The van der Waals surface area contributed by atoms with Crippen LogP contribution in [-0.2, 0) is 14.5 Å². The second kappa shape index (κ2) is 5.55. The summed E-state index contributed by atoms with van der Waals surface area (Å²) in [5.74, 6) is 0.186. The fraction of sp³-hybridized carbons (Fsp3) is 0.533. The first-order chi connectivity index (χ1) is 10.4. The molecule has 2 aliphatic rings. The summed E-state index contributed by atoms with van der Waals surface area (Å²) < 4.78 is 26.0. The molecule has 1 fully saturated rings. The van der Waals surface area contributed by atoms with Gasteiger partial charge in [-0.15, -0.1) is 0 Å². The van der Waals surface area contributed by atoms with Crippen molar-refractivity contribution in [3.8, 4) is 0 Å².